The van der Waals surface area contributed by atoms with Crippen molar-refractivity contribution >= 4 is 11.3 Å². The highest BCUT2D eigenvalue weighted by atomic mass is 32.1. The molecule has 1 aromatic carbocycles. The van der Waals surface area contributed by atoms with E-state index in [-0.39, 0.29) is 0 Å². The van der Waals surface area contributed by atoms with Crippen LogP contribution in [0.1, 0.15) is 42.2 Å². The van der Waals surface area contributed by atoms with Crippen LogP contribution in [0.25, 0.3) is 0 Å². The van der Waals surface area contributed by atoms with E-state index in [9.17, 15) is 0 Å². The number of ether oxygens (including phenoxy) is 1. The third-order valence-electron chi connectivity index (χ3n) is 3.42. The minimum Gasteiger partial charge on any atom is -0.488 e. The van der Waals surface area contributed by atoms with Gasteiger partial charge in [0.25, 0.3) is 0 Å². The van der Waals surface area contributed by atoms with Crippen LogP contribution in [-0.2, 0) is 6.61 Å². The van der Waals surface area contributed by atoms with Gasteiger partial charge in [0.1, 0.15) is 12.4 Å². The molecule has 3 heteroatoms. The number of thiophene rings is 1. The monoisotopic (exact) mass is 299 g/mol. The Morgan fingerprint density at radius 1 is 1.33 bits per heavy atom. The number of rotatable bonds is 5. The summed E-state index contributed by atoms with van der Waals surface area (Å²) >= 11 is 1.67. The quantitative estimate of drug-likeness (QED) is 0.842. The van der Waals surface area contributed by atoms with Gasteiger partial charge in [0.2, 0.25) is 0 Å². The second-order valence-corrected chi connectivity index (χ2v) is 5.94. The van der Waals surface area contributed by atoms with Crippen molar-refractivity contribution in [1.82, 2.24) is 0 Å². The van der Waals surface area contributed by atoms with Crippen LogP contribution in [0.3, 0.4) is 0 Å². The van der Waals surface area contributed by atoms with Gasteiger partial charge in [-0.1, -0.05) is 43.9 Å². The largest absolute Gasteiger partial charge is 0.488 e. The predicted octanol–water partition coefficient (Wildman–Crippen LogP) is 4.15. The van der Waals surface area contributed by atoms with Crippen LogP contribution in [0.5, 0.6) is 5.75 Å². The summed E-state index contributed by atoms with van der Waals surface area (Å²) < 4.78 is 6.00. The first-order chi connectivity index (χ1) is 10.2. The van der Waals surface area contributed by atoms with Gasteiger partial charge in [0, 0.05) is 15.8 Å². The Hall–Kier alpha value is -1.76. The maximum absolute atomic E-state index is 6.00. The normalized spacial score (nSPS) is 11.6. The van der Waals surface area contributed by atoms with Crippen LogP contribution < -0.4 is 10.5 Å². The lowest BCUT2D eigenvalue weighted by atomic mass is 9.98. The second-order valence-electron chi connectivity index (χ2n) is 4.94. The van der Waals surface area contributed by atoms with Gasteiger partial charge in [-0.05, 0) is 30.0 Å². The van der Waals surface area contributed by atoms with Crippen LogP contribution in [0.2, 0.25) is 0 Å². The molecular formula is C18H21NOS. The van der Waals surface area contributed by atoms with Gasteiger partial charge in [0.15, 0.2) is 0 Å². The molecule has 0 aliphatic rings. The van der Waals surface area contributed by atoms with Gasteiger partial charge >= 0.3 is 0 Å². The van der Waals surface area contributed by atoms with Crippen LogP contribution in [0.4, 0.5) is 0 Å². The number of nitrogens with two attached hydrogens (primary N) is 1. The van der Waals surface area contributed by atoms with E-state index in [1.807, 2.05) is 17.5 Å². The molecule has 0 spiro atoms. The Labute approximate surface area is 131 Å². The summed E-state index contributed by atoms with van der Waals surface area (Å²) in [5.41, 5.74) is 7.67. The molecule has 0 bridgehead atoms. The topological polar surface area (TPSA) is 35.2 Å². The summed E-state index contributed by atoms with van der Waals surface area (Å²) in [5.74, 6) is 7.40. The Morgan fingerprint density at radius 3 is 2.90 bits per heavy atom. The van der Waals surface area contributed by atoms with Crippen molar-refractivity contribution in [3.8, 4) is 17.6 Å². The standard InChI is InChI=1S/C18H21NOS/c1-3-14(2)17-8-4-5-9-18(17)20-12-16-11-15(13-21-16)7-6-10-19/h4-5,8-9,11,13-14H,3,10,12,19H2,1-2H3. The van der Waals surface area contributed by atoms with Crippen molar-refractivity contribution in [2.75, 3.05) is 6.54 Å². The first-order valence-electron chi connectivity index (χ1n) is 7.22. The lowest BCUT2D eigenvalue weighted by molar-refractivity contribution is 0.304. The Kier molecular flexibility index (Phi) is 5.86. The SMILES string of the molecule is CCC(C)c1ccccc1OCc1cc(C#CCN)cs1. The average Bonchev–Trinajstić information content (AvgIpc) is 2.98. The fourth-order valence-corrected chi connectivity index (χ4v) is 2.79. The molecule has 2 rings (SSSR count). The average molecular weight is 299 g/mol. The van der Waals surface area contributed by atoms with E-state index in [2.05, 4.69) is 43.9 Å². The smallest absolute Gasteiger partial charge is 0.123 e. The summed E-state index contributed by atoms with van der Waals surface area (Å²) in [7, 11) is 0. The van der Waals surface area contributed by atoms with E-state index in [0.717, 1.165) is 17.7 Å². The third-order valence-corrected chi connectivity index (χ3v) is 4.33. The van der Waals surface area contributed by atoms with Crippen molar-refractivity contribution in [2.45, 2.75) is 32.8 Å². The maximum Gasteiger partial charge on any atom is 0.123 e. The van der Waals surface area contributed by atoms with Crippen molar-refractivity contribution in [3.05, 3.63) is 51.7 Å². The van der Waals surface area contributed by atoms with Gasteiger partial charge in [-0.2, -0.15) is 0 Å². The highest BCUT2D eigenvalue weighted by Gasteiger charge is 2.09. The van der Waals surface area contributed by atoms with E-state index in [4.69, 9.17) is 10.5 Å². The third kappa shape index (κ3) is 4.35. The molecule has 2 aromatic rings. The highest BCUT2D eigenvalue weighted by molar-refractivity contribution is 7.10. The molecule has 1 atom stereocenters. The van der Waals surface area contributed by atoms with Gasteiger partial charge < -0.3 is 10.5 Å². The fraction of sp³-hybridized carbons (Fsp3) is 0.333. The van der Waals surface area contributed by atoms with Gasteiger partial charge in [0.05, 0.1) is 6.54 Å². The number of hydrogen-bond acceptors (Lipinski definition) is 3. The zero-order valence-corrected chi connectivity index (χ0v) is 13.4. The van der Waals surface area contributed by atoms with Gasteiger partial charge in [-0.3, -0.25) is 0 Å². The summed E-state index contributed by atoms with van der Waals surface area (Å²) in [6.45, 7) is 5.41. The molecule has 0 fully saturated rings. The molecule has 0 radical (unpaired) electrons. The van der Waals surface area contributed by atoms with E-state index in [0.29, 0.717) is 19.1 Å². The number of benzene rings is 1. The van der Waals surface area contributed by atoms with Crippen LogP contribution >= 0.6 is 11.3 Å². The molecule has 0 aliphatic carbocycles. The first-order valence-corrected chi connectivity index (χ1v) is 8.10. The van der Waals surface area contributed by atoms with E-state index in [1.54, 1.807) is 11.3 Å². The maximum atomic E-state index is 6.00. The molecule has 1 unspecified atom stereocenters. The minimum atomic E-state index is 0.393. The Morgan fingerprint density at radius 2 is 2.14 bits per heavy atom. The van der Waals surface area contributed by atoms with Gasteiger partial charge in [-0.15, -0.1) is 11.3 Å². The van der Waals surface area contributed by atoms with Gasteiger partial charge in [-0.25, -0.2) is 0 Å². The summed E-state index contributed by atoms with van der Waals surface area (Å²) in [6, 6.07) is 10.4. The molecule has 2 N–H and O–H groups in total. The molecule has 110 valence electrons. The van der Waals surface area contributed by atoms with Crippen LogP contribution in [-0.4, -0.2) is 6.54 Å². The van der Waals surface area contributed by atoms with Crippen molar-refractivity contribution in [2.24, 2.45) is 5.73 Å². The summed E-state index contributed by atoms with van der Waals surface area (Å²) in [6.07, 6.45) is 1.11. The first kappa shape index (κ1) is 15.6. The lowest BCUT2D eigenvalue weighted by Crippen LogP contribution is -1.99. The molecule has 0 saturated heterocycles. The molecule has 0 aliphatic heterocycles. The zero-order chi connectivity index (χ0) is 15.1. The number of para-hydroxylation sites is 1. The van der Waals surface area contributed by atoms with Crippen molar-refractivity contribution < 1.29 is 4.74 Å². The molecular weight excluding hydrogens is 278 g/mol. The molecule has 21 heavy (non-hydrogen) atoms. The highest BCUT2D eigenvalue weighted by Crippen LogP contribution is 2.29. The lowest BCUT2D eigenvalue weighted by Gasteiger charge is -2.15. The molecule has 1 aromatic heterocycles. The molecule has 0 amide bonds. The van der Waals surface area contributed by atoms with E-state index >= 15 is 0 Å². The van der Waals surface area contributed by atoms with Crippen molar-refractivity contribution in [1.29, 1.82) is 0 Å². The van der Waals surface area contributed by atoms with Crippen molar-refractivity contribution in [3.63, 3.8) is 0 Å². The number of hydrogen-bond donors (Lipinski definition) is 1. The molecule has 1 heterocycles. The fourth-order valence-electron chi connectivity index (χ4n) is 2.06. The Balaban J connectivity index is 2.05. The second kappa shape index (κ2) is 7.87. The predicted molar refractivity (Wildman–Crippen MR) is 89.7 cm³/mol. The van der Waals surface area contributed by atoms with E-state index < -0.39 is 0 Å². The van der Waals surface area contributed by atoms with Crippen LogP contribution in [0, 0.1) is 11.8 Å². The summed E-state index contributed by atoms with van der Waals surface area (Å²) in [4.78, 5) is 1.18. The molecule has 2 nitrogen and oxygen atoms in total. The minimum absolute atomic E-state index is 0.393. The van der Waals surface area contributed by atoms with E-state index in [1.165, 1.54) is 10.4 Å². The molecule has 0 saturated carbocycles. The Bertz CT molecular complexity index is 636. The zero-order valence-electron chi connectivity index (χ0n) is 12.6. The summed E-state index contributed by atoms with van der Waals surface area (Å²) in [5, 5.41) is 2.04. The van der Waals surface area contributed by atoms with Crippen LogP contribution in [0.15, 0.2) is 35.7 Å².